The first kappa shape index (κ1) is 15.0. The second kappa shape index (κ2) is 6.43. The highest BCUT2D eigenvalue weighted by Gasteiger charge is 2.23. The number of thiophene rings is 1. The number of aromatic nitrogens is 1. The van der Waals surface area contributed by atoms with Gasteiger partial charge in [-0.1, -0.05) is 6.07 Å². The third-order valence-corrected chi connectivity index (χ3v) is 7.18. The van der Waals surface area contributed by atoms with Gasteiger partial charge in [0.2, 0.25) is 10.0 Å². The maximum atomic E-state index is 12.1. The lowest BCUT2D eigenvalue weighted by atomic mass is 9.99. The van der Waals surface area contributed by atoms with Crippen LogP contribution in [0, 0.1) is 5.92 Å². The molecule has 5 nitrogen and oxygen atoms in total. The number of thiazole rings is 1. The van der Waals surface area contributed by atoms with Crippen LogP contribution in [0.15, 0.2) is 33.3 Å². The molecule has 1 unspecified atom stereocenters. The summed E-state index contributed by atoms with van der Waals surface area (Å²) in [5.41, 5.74) is 0. The molecule has 3 heterocycles. The van der Waals surface area contributed by atoms with Crippen LogP contribution < -0.4 is 9.62 Å². The average Bonchev–Trinajstić information content (AvgIpc) is 3.18. The van der Waals surface area contributed by atoms with Gasteiger partial charge in [0.1, 0.15) is 4.21 Å². The molecule has 114 valence electrons. The number of rotatable bonds is 5. The summed E-state index contributed by atoms with van der Waals surface area (Å²) in [6.45, 7) is 2.35. The summed E-state index contributed by atoms with van der Waals surface area (Å²) in [6, 6.07) is 3.39. The van der Waals surface area contributed by atoms with Crippen molar-refractivity contribution in [2.24, 2.45) is 5.92 Å². The monoisotopic (exact) mass is 343 g/mol. The van der Waals surface area contributed by atoms with Crippen LogP contribution in [0.5, 0.6) is 0 Å². The fraction of sp³-hybridized carbons (Fsp3) is 0.462. The van der Waals surface area contributed by atoms with E-state index in [9.17, 15) is 8.42 Å². The van der Waals surface area contributed by atoms with E-state index < -0.39 is 10.0 Å². The maximum absolute atomic E-state index is 12.1. The molecule has 2 aromatic heterocycles. The Bertz CT molecular complexity index is 653. The molecule has 2 aromatic rings. The smallest absolute Gasteiger partial charge is 0.250 e. The van der Waals surface area contributed by atoms with E-state index in [-0.39, 0.29) is 0 Å². The van der Waals surface area contributed by atoms with Crippen LogP contribution >= 0.6 is 22.7 Å². The molecule has 1 N–H and O–H groups in total. The van der Waals surface area contributed by atoms with Crippen molar-refractivity contribution in [2.75, 3.05) is 24.5 Å². The molecule has 0 saturated carbocycles. The number of piperidine rings is 1. The molecule has 0 radical (unpaired) electrons. The van der Waals surface area contributed by atoms with Crippen LogP contribution in [0.2, 0.25) is 0 Å². The predicted octanol–water partition coefficient (Wildman–Crippen LogP) is 2.40. The Balaban J connectivity index is 1.58. The lowest BCUT2D eigenvalue weighted by Gasteiger charge is -2.32. The molecule has 0 aromatic carbocycles. The van der Waals surface area contributed by atoms with Gasteiger partial charge in [0.25, 0.3) is 0 Å². The SMILES string of the molecule is O=S(=O)(NCC1CCCN(c2nccs2)C1)c1cccs1. The molecule has 1 saturated heterocycles. The molecule has 3 rings (SSSR count). The summed E-state index contributed by atoms with van der Waals surface area (Å²) in [7, 11) is -3.35. The predicted molar refractivity (Wildman–Crippen MR) is 86.6 cm³/mol. The molecule has 1 aliphatic heterocycles. The summed E-state index contributed by atoms with van der Waals surface area (Å²) >= 11 is 2.88. The quantitative estimate of drug-likeness (QED) is 0.905. The minimum absolute atomic E-state index is 0.331. The van der Waals surface area contributed by atoms with Crippen LogP contribution in [0.4, 0.5) is 5.13 Å². The van der Waals surface area contributed by atoms with E-state index in [1.807, 2.05) is 11.6 Å². The zero-order valence-electron chi connectivity index (χ0n) is 11.4. The summed E-state index contributed by atoms with van der Waals surface area (Å²) in [6.07, 6.45) is 3.93. The molecule has 0 amide bonds. The Morgan fingerprint density at radius 1 is 1.38 bits per heavy atom. The van der Waals surface area contributed by atoms with E-state index in [2.05, 4.69) is 14.6 Å². The highest BCUT2D eigenvalue weighted by atomic mass is 32.2. The van der Waals surface area contributed by atoms with Gasteiger partial charge in [0, 0.05) is 31.2 Å². The van der Waals surface area contributed by atoms with Crippen molar-refractivity contribution in [3.63, 3.8) is 0 Å². The van der Waals surface area contributed by atoms with Gasteiger partial charge in [0.05, 0.1) is 0 Å². The third-order valence-electron chi connectivity index (χ3n) is 3.53. The average molecular weight is 343 g/mol. The highest BCUT2D eigenvalue weighted by molar-refractivity contribution is 7.91. The molecule has 8 heteroatoms. The summed E-state index contributed by atoms with van der Waals surface area (Å²) in [5.74, 6) is 0.331. The van der Waals surface area contributed by atoms with Gasteiger partial charge in [-0.2, -0.15) is 0 Å². The Kier molecular flexibility index (Phi) is 4.58. The molecule has 1 aliphatic rings. The number of hydrogen-bond acceptors (Lipinski definition) is 6. The summed E-state index contributed by atoms with van der Waals surface area (Å²) in [5, 5.41) is 4.78. The largest absolute Gasteiger partial charge is 0.348 e. The van der Waals surface area contributed by atoms with Crippen molar-refractivity contribution in [1.82, 2.24) is 9.71 Å². The molecular weight excluding hydrogens is 326 g/mol. The van der Waals surface area contributed by atoms with Gasteiger partial charge in [-0.25, -0.2) is 18.1 Å². The second-order valence-electron chi connectivity index (χ2n) is 5.05. The van der Waals surface area contributed by atoms with Crippen LogP contribution in [-0.4, -0.2) is 33.0 Å². The van der Waals surface area contributed by atoms with E-state index in [0.29, 0.717) is 16.7 Å². The van der Waals surface area contributed by atoms with Crippen molar-refractivity contribution < 1.29 is 8.42 Å². The van der Waals surface area contributed by atoms with Gasteiger partial charge in [0.15, 0.2) is 5.13 Å². The summed E-state index contributed by atoms with van der Waals surface area (Å²) < 4.78 is 27.4. The van der Waals surface area contributed by atoms with E-state index in [1.54, 1.807) is 28.8 Å². The lowest BCUT2D eigenvalue weighted by molar-refractivity contribution is 0.411. The summed E-state index contributed by atoms with van der Waals surface area (Å²) in [4.78, 5) is 6.58. The van der Waals surface area contributed by atoms with E-state index >= 15 is 0 Å². The molecule has 1 atom stereocenters. The van der Waals surface area contributed by atoms with Crippen molar-refractivity contribution in [3.8, 4) is 0 Å². The number of nitrogens with one attached hydrogen (secondary N) is 1. The van der Waals surface area contributed by atoms with E-state index in [1.165, 1.54) is 11.3 Å². The number of anilines is 1. The molecule has 0 aliphatic carbocycles. The first-order chi connectivity index (χ1) is 10.1. The standard InChI is InChI=1S/C13H17N3O2S3/c17-21(18,12-4-2-7-19-12)15-9-11-3-1-6-16(10-11)13-14-5-8-20-13/h2,4-5,7-8,11,15H,1,3,6,9-10H2. The minimum Gasteiger partial charge on any atom is -0.348 e. The minimum atomic E-state index is -3.35. The third kappa shape index (κ3) is 3.63. The van der Waals surface area contributed by atoms with Crippen LogP contribution in [0.25, 0.3) is 0 Å². The maximum Gasteiger partial charge on any atom is 0.250 e. The molecule has 0 bridgehead atoms. The Morgan fingerprint density at radius 3 is 3.00 bits per heavy atom. The number of hydrogen-bond donors (Lipinski definition) is 1. The van der Waals surface area contributed by atoms with Gasteiger partial charge >= 0.3 is 0 Å². The number of sulfonamides is 1. The fourth-order valence-corrected chi connectivity index (χ4v) is 5.33. The van der Waals surface area contributed by atoms with Crippen LogP contribution in [-0.2, 0) is 10.0 Å². The molecule has 1 fully saturated rings. The first-order valence-corrected chi connectivity index (χ1v) is 10.1. The Hall–Kier alpha value is -0.960. The zero-order chi connectivity index (χ0) is 14.7. The zero-order valence-corrected chi connectivity index (χ0v) is 13.9. The molecule has 0 spiro atoms. The lowest BCUT2D eigenvalue weighted by Crippen LogP contribution is -2.40. The molecular formula is C13H17N3O2S3. The normalized spacial score (nSPS) is 19.8. The molecule has 21 heavy (non-hydrogen) atoms. The fourth-order valence-electron chi connectivity index (χ4n) is 2.49. The van der Waals surface area contributed by atoms with Crippen molar-refractivity contribution >= 4 is 37.8 Å². The Morgan fingerprint density at radius 2 is 2.29 bits per heavy atom. The highest BCUT2D eigenvalue weighted by Crippen LogP contribution is 2.25. The number of nitrogens with zero attached hydrogens (tertiary/aromatic N) is 2. The van der Waals surface area contributed by atoms with E-state index in [0.717, 1.165) is 31.1 Å². The van der Waals surface area contributed by atoms with Gasteiger partial charge in [-0.15, -0.1) is 22.7 Å². The van der Waals surface area contributed by atoms with E-state index in [4.69, 9.17) is 0 Å². The van der Waals surface area contributed by atoms with Crippen LogP contribution in [0.1, 0.15) is 12.8 Å². The van der Waals surface area contributed by atoms with Gasteiger partial charge < -0.3 is 4.90 Å². The van der Waals surface area contributed by atoms with Crippen molar-refractivity contribution in [2.45, 2.75) is 17.1 Å². The Labute approximate surface area is 132 Å². The topological polar surface area (TPSA) is 62.3 Å². The van der Waals surface area contributed by atoms with Gasteiger partial charge in [-0.05, 0) is 30.2 Å². The van der Waals surface area contributed by atoms with Crippen LogP contribution in [0.3, 0.4) is 0 Å². The second-order valence-corrected chi connectivity index (χ2v) is 8.87. The first-order valence-electron chi connectivity index (χ1n) is 6.83. The van der Waals surface area contributed by atoms with Gasteiger partial charge in [-0.3, -0.25) is 0 Å². The van der Waals surface area contributed by atoms with Crippen molar-refractivity contribution in [3.05, 3.63) is 29.1 Å². The van der Waals surface area contributed by atoms with Crippen molar-refractivity contribution in [1.29, 1.82) is 0 Å².